The summed E-state index contributed by atoms with van der Waals surface area (Å²) >= 11 is 0. The first-order valence-electron chi connectivity index (χ1n) is 7.18. The second-order valence-corrected chi connectivity index (χ2v) is 6.46. The van der Waals surface area contributed by atoms with Crippen LogP contribution >= 0.6 is 0 Å². The average Bonchev–Trinajstić information content (AvgIpc) is 2.89. The fraction of sp³-hybridized carbons (Fsp3) is 0.800. The Hall–Kier alpha value is -1.47. The van der Waals surface area contributed by atoms with Crippen LogP contribution in [0.15, 0.2) is 0 Å². The van der Waals surface area contributed by atoms with Crippen LogP contribution in [0, 0.1) is 11.3 Å². The molecule has 0 aromatic heterocycles. The number of hydrogen-bond acceptors (Lipinski definition) is 6. The summed E-state index contributed by atoms with van der Waals surface area (Å²) in [5.41, 5.74) is -0.400. The van der Waals surface area contributed by atoms with Crippen molar-refractivity contribution in [1.29, 1.82) is 0 Å². The van der Waals surface area contributed by atoms with Crippen molar-refractivity contribution in [3.8, 4) is 0 Å². The summed E-state index contributed by atoms with van der Waals surface area (Å²) in [7, 11) is 2.65. The summed E-state index contributed by atoms with van der Waals surface area (Å²) in [5, 5.41) is 0. The molecule has 1 amide bonds. The lowest BCUT2D eigenvalue weighted by molar-refractivity contribution is -0.159. The van der Waals surface area contributed by atoms with E-state index in [0.29, 0.717) is 0 Å². The lowest BCUT2D eigenvalue weighted by atomic mass is 9.92. The number of ether oxygens (including phenoxy) is 3. The molecule has 1 heterocycles. The zero-order valence-electron chi connectivity index (χ0n) is 14.0. The van der Waals surface area contributed by atoms with E-state index in [1.807, 2.05) is 20.8 Å². The molecule has 1 fully saturated rings. The van der Waals surface area contributed by atoms with Crippen molar-refractivity contribution in [2.45, 2.75) is 40.0 Å². The van der Waals surface area contributed by atoms with Gasteiger partial charge >= 0.3 is 5.97 Å². The van der Waals surface area contributed by atoms with Crippen molar-refractivity contribution < 1.29 is 28.6 Å². The number of Topliss-reactive ketones (excluding diaryl/α,β-unsaturated/α-hetero) is 1. The molecule has 0 aliphatic carbocycles. The average molecular weight is 315 g/mol. The smallest absolute Gasteiger partial charge is 0.331 e. The summed E-state index contributed by atoms with van der Waals surface area (Å²) in [6.07, 6.45) is -0.595. The van der Waals surface area contributed by atoms with E-state index in [9.17, 15) is 14.4 Å². The maximum absolute atomic E-state index is 12.7. The van der Waals surface area contributed by atoms with Gasteiger partial charge in [-0.05, 0) is 6.92 Å². The maximum Gasteiger partial charge on any atom is 0.331 e. The number of carbonyl (C=O) groups is 3. The van der Waals surface area contributed by atoms with Gasteiger partial charge in [-0.15, -0.1) is 0 Å². The molecule has 1 aliphatic rings. The van der Waals surface area contributed by atoms with Crippen LogP contribution in [0.5, 0.6) is 0 Å². The van der Waals surface area contributed by atoms with Crippen molar-refractivity contribution in [3.63, 3.8) is 0 Å². The highest BCUT2D eigenvalue weighted by molar-refractivity contribution is 6.02. The molecule has 3 atom stereocenters. The van der Waals surface area contributed by atoms with Crippen LogP contribution in [-0.4, -0.2) is 62.3 Å². The Morgan fingerprint density at radius 1 is 1.27 bits per heavy atom. The topological polar surface area (TPSA) is 82.1 Å². The van der Waals surface area contributed by atoms with E-state index >= 15 is 0 Å². The highest BCUT2D eigenvalue weighted by atomic mass is 16.5. The minimum atomic E-state index is -0.904. The second-order valence-electron chi connectivity index (χ2n) is 6.46. The van der Waals surface area contributed by atoms with Gasteiger partial charge < -0.3 is 14.2 Å². The molecule has 1 aliphatic heterocycles. The number of ketones is 1. The maximum atomic E-state index is 12.7. The largest absolute Gasteiger partial charge is 0.467 e. The van der Waals surface area contributed by atoms with Gasteiger partial charge in [-0.1, -0.05) is 20.8 Å². The van der Waals surface area contributed by atoms with Crippen LogP contribution in [0.4, 0.5) is 0 Å². The molecular formula is C15H25NO6. The minimum Gasteiger partial charge on any atom is -0.467 e. The third-order valence-electron chi connectivity index (χ3n) is 3.61. The van der Waals surface area contributed by atoms with Crippen molar-refractivity contribution in [2.24, 2.45) is 11.3 Å². The normalized spacial score (nSPS) is 23.3. The monoisotopic (exact) mass is 315 g/mol. The molecule has 7 heteroatoms. The molecule has 0 bridgehead atoms. The summed E-state index contributed by atoms with van der Waals surface area (Å²) < 4.78 is 15.2. The molecular weight excluding hydrogens is 290 g/mol. The zero-order chi connectivity index (χ0) is 17.1. The van der Waals surface area contributed by atoms with E-state index in [4.69, 9.17) is 14.2 Å². The third-order valence-corrected chi connectivity index (χ3v) is 3.61. The molecule has 126 valence electrons. The first-order chi connectivity index (χ1) is 10.1. The Bertz CT molecular complexity index is 442. The quantitative estimate of drug-likeness (QED) is 0.546. The van der Waals surface area contributed by atoms with E-state index in [1.54, 1.807) is 0 Å². The van der Waals surface area contributed by atoms with Crippen molar-refractivity contribution >= 4 is 17.7 Å². The Morgan fingerprint density at radius 2 is 1.86 bits per heavy atom. The van der Waals surface area contributed by atoms with Crippen LogP contribution in [0.3, 0.4) is 0 Å². The van der Waals surface area contributed by atoms with Gasteiger partial charge in [0.2, 0.25) is 5.91 Å². The number of esters is 1. The van der Waals surface area contributed by atoms with E-state index in [1.165, 1.54) is 26.0 Å². The van der Waals surface area contributed by atoms with Gasteiger partial charge in [-0.25, -0.2) is 4.79 Å². The lowest BCUT2D eigenvalue weighted by Gasteiger charge is -2.36. The number of nitrogens with zero attached hydrogens (tertiary/aromatic N) is 1. The van der Waals surface area contributed by atoms with E-state index in [2.05, 4.69) is 0 Å². The van der Waals surface area contributed by atoms with Crippen LogP contribution in [0.1, 0.15) is 27.7 Å². The summed E-state index contributed by atoms with van der Waals surface area (Å²) in [5.74, 6) is -2.24. The Labute approximate surface area is 130 Å². The highest BCUT2D eigenvalue weighted by Gasteiger charge is 2.49. The van der Waals surface area contributed by atoms with Crippen molar-refractivity contribution in [1.82, 2.24) is 4.90 Å². The minimum absolute atomic E-state index is 0.0610. The van der Waals surface area contributed by atoms with Gasteiger partial charge in [0, 0.05) is 12.5 Å². The van der Waals surface area contributed by atoms with Crippen LogP contribution in [0.2, 0.25) is 0 Å². The van der Waals surface area contributed by atoms with E-state index < -0.39 is 35.5 Å². The first-order valence-corrected chi connectivity index (χ1v) is 7.18. The van der Waals surface area contributed by atoms with Crippen LogP contribution in [0.25, 0.3) is 0 Å². The summed E-state index contributed by atoms with van der Waals surface area (Å²) in [6.45, 7) is 7.13. The number of amides is 1. The van der Waals surface area contributed by atoms with Gasteiger partial charge in [0.05, 0.1) is 19.6 Å². The lowest BCUT2D eigenvalue weighted by Crippen LogP contribution is -2.53. The summed E-state index contributed by atoms with van der Waals surface area (Å²) in [4.78, 5) is 37.9. The molecule has 1 unspecified atom stereocenters. The number of rotatable bonds is 5. The Balaban J connectivity index is 3.07. The molecule has 0 spiro atoms. The summed E-state index contributed by atoms with van der Waals surface area (Å²) in [6, 6.07) is -0.834. The number of methoxy groups -OCH3 is 2. The van der Waals surface area contributed by atoms with Gasteiger partial charge in [0.15, 0.2) is 11.8 Å². The molecule has 0 saturated carbocycles. The molecule has 1 rings (SSSR count). The van der Waals surface area contributed by atoms with Gasteiger partial charge in [0.25, 0.3) is 0 Å². The molecule has 0 N–H and O–H groups in total. The van der Waals surface area contributed by atoms with Crippen molar-refractivity contribution in [2.75, 3.05) is 27.4 Å². The predicted octanol–water partition coefficient (Wildman–Crippen LogP) is 0.611. The van der Waals surface area contributed by atoms with E-state index in [-0.39, 0.29) is 19.0 Å². The Morgan fingerprint density at radius 3 is 2.32 bits per heavy atom. The molecule has 0 aromatic carbocycles. The standard InChI is InChI=1S/C15H25NO6/c1-9(11(17)8-20-5)12(18)16-10(13(19)21-6)7-22-14(16)15(2,3)4/h9-10,14H,7-8H2,1-6H3/t9?,10-,14+/m0/s1. The first kappa shape index (κ1) is 18.6. The van der Waals surface area contributed by atoms with Gasteiger partial charge in [0.1, 0.15) is 12.8 Å². The van der Waals surface area contributed by atoms with Crippen LogP contribution < -0.4 is 0 Å². The fourth-order valence-corrected chi connectivity index (χ4v) is 2.39. The molecule has 7 nitrogen and oxygen atoms in total. The van der Waals surface area contributed by atoms with E-state index in [0.717, 1.165) is 0 Å². The van der Waals surface area contributed by atoms with Crippen LogP contribution in [-0.2, 0) is 28.6 Å². The van der Waals surface area contributed by atoms with Gasteiger partial charge in [-0.2, -0.15) is 0 Å². The zero-order valence-corrected chi connectivity index (χ0v) is 14.0. The highest BCUT2D eigenvalue weighted by Crippen LogP contribution is 2.33. The second kappa shape index (κ2) is 7.19. The van der Waals surface area contributed by atoms with Crippen molar-refractivity contribution in [3.05, 3.63) is 0 Å². The SMILES string of the molecule is COCC(=O)C(C)C(=O)N1[C@H](C(=O)OC)CO[C@@H]1C(C)(C)C. The molecule has 0 aromatic rings. The number of carbonyl (C=O) groups excluding carboxylic acids is 3. The molecule has 1 saturated heterocycles. The third kappa shape index (κ3) is 3.84. The molecule has 22 heavy (non-hydrogen) atoms. The molecule has 0 radical (unpaired) electrons. The van der Waals surface area contributed by atoms with Gasteiger partial charge in [-0.3, -0.25) is 14.5 Å². The predicted molar refractivity (Wildman–Crippen MR) is 77.9 cm³/mol. The number of hydrogen-bond donors (Lipinski definition) is 0. The fourth-order valence-electron chi connectivity index (χ4n) is 2.39. The Kier molecular flexibility index (Phi) is 6.08.